The molecule has 3 nitrogen and oxygen atoms in total. The van der Waals surface area contributed by atoms with Crippen molar-refractivity contribution < 1.29 is 0 Å². The highest BCUT2D eigenvalue weighted by Gasteiger charge is 2.36. The second kappa shape index (κ2) is 7.19. The minimum absolute atomic E-state index is 0.203. The third kappa shape index (κ3) is 3.80. The average Bonchev–Trinajstić information content (AvgIpc) is 2.99. The molecule has 0 saturated carbocycles. The van der Waals surface area contributed by atoms with E-state index >= 15 is 0 Å². The van der Waals surface area contributed by atoms with Crippen LogP contribution in [0.1, 0.15) is 45.6 Å². The lowest BCUT2D eigenvalue weighted by molar-refractivity contribution is 0.106. The van der Waals surface area contributed by atoms with Crippen LogP contribution in [-0.2, 0) is 6.42 Å². The van der Waals surface area contributed by atoms with Gasteiger partial charge < -0.3 is 5.32 Å². The van der Waals surface area contributed by atoms with Gasteiger partial charge in [-0.15, -0.1) is 0 Å². The maximum absolute atomic E-state index is 4.12. The number of nitrogens with zero attached hydrogens (tertiary/aromatic N) is 2. The van der Waals surface area contributed by atoms with E-state index < -0.39 is 0 Å². The van der Waals surface area contributed by atoms with Gasteiger partial charge in [-0.1, -0.05) is 6.92 Å². The van der Waals surface area contributed by atoms with Crippen molar-refractivity contribution in [2.45, 2.75) is 58.0 Å². The first-order chi connectivity index (χ1) is 9.64. The van der Waals surface area contributed by atoms with Gasteiger partial charge >= 0.3 is 0 Å². The van der Waals surface area contributed by atoms with Crippen LogP contribution in [0.15, 0.2) is 24.5 Å². The predicted molar refractivity (Wildman–Crippen MR) is 84.9 cm³/mol. The van der Waals surface area contributed by atoms with Crippen LogP contribution < -0.4 is 5.32 Å². The molecule has 1 atom stereocenters. The van der Waals surface area contributed by atoms with Crippen molar-refractivity contribution in [3.8, 4) is 0 Å². The van der Waals surface area contributed by atoms with Crippen LogP contribution in [-0.4, -0.2) is 41.1 Å². The molecule has 1 saturated heterocycles. The second-order valence-corrected chi connectivity index (χ2v) is 6.41. The molecule has 1 aliphatic heterocycles. The molecule has 3 heteroatoms. The van der Waals surface area contributed by atoms with E-state index in [-0.39, 0.29) is 5.54 Å². The lowest BCUT2D eigenvalue weighted by atomic mass is 9.87. The van der Waals surface area contributed by atoms with Gasteiger partial charge in [0.15, 0.2) is 0 Å². The van der Waals surface area contributed by atoms with Crippen LogP contribution >= 0.6 is 0 Å². The smallest absolute Gasteiger partial charge is 0.0309 e. The summed E-state index contributed by atoms with van der Waals surface area (Å²) in [6.07, 6.45) is 8.75. The molecule has 1 aromatic rings. The summed E-state index contributed by atoms with van der Waals surface area (Å²) < 4.78 is 0. The number of rotatable bonds is 7. The zero-order chi connectivity index (χ0) is 14.4. The van der Waals surface area contributed by atoms with Crippen LogP contribution in [0.5, 0.6) is 0 Å². The molecule has 1 aliphatic rings. The monoisotopic (exact) mass is 275 g/mol. The highest BCUT2D eigenvalue weighted by Crippen LogP contribution is 2.26. The summed E-state index contributed by atoms with van der Waals surface area (Å²) in [6.45, 7) is 10.6. The number of hydrogen-bond donors (Lipinski definition) is 1. The molecular formula is C17H29N3. The summed E-state index contributed by atoms with van der Waals surface area (Å²) in [6, 6.07) is 4.77. The van der Waals surface area contributed by atoms with Gasteiger partial charge in [0.1, 0.15) is 0 Å². The lowest BCUT2D eigenvalue weighted by Gasteiger charge is -2.43. The Balaban J connectivity index is 2.09. The predicted octanol–water partition coefficient (Wildman–Crippen LogP) is 2.87. The Kier molecular flexibility index (Phi) is 5.55. The SMILES string of the molecule is CCCNC(Cc1ccncc1)C(C)(C)N1CCCC1. The quantitative estimate of drug-likeness (QED) is 0.829. The number of aromatic nitrogens is 1. The topological polar surface area (TPSA) is 28.2 Å². The van der Waals surface area contributed by atoms with Gasteiger partial charge in [0.05, 0.1) is 0 Å². The molecule has 1 N–H and O–H groups in total. The molecule has 0 aliphatic carbocycles. The fourth-order valence-electron chi connectivity index (χ4n) is 3.16. The van der Waals surface area contributed by atoms with Gasteiger partial charge in [-0.25, -0.2) is 0 Å². The Labute approximate surface area is 123 Å². The van der Waals surface area contributed by atoms with E-state index in [9.17, 15) is 0 Å². The maximum Gasteiger partial charge on any atom is 0.0309 e. The molecule has 2 rings (SSSR count). The zero-order valence-electron chi connectivity index (χ0n) is 13.2. The highest BCUT2D eigenvalue weighted by atomic mass is 15.2. The molecule has 1 aromatic heterocycles. The van der Waals surface area contributed by atoms with E-state index in [1.807, 2.05) is 12.4 Å². The third-order valence-corrected chi connectivity index (χ3v) is 4.60. The van der Waals surface area contributed by atoms with E-state index in [4.69, 9.17) is 0 Å². The van der Waals surface area contributed by atoms with Crippen LogP contribution in [0.3, 0.4) is 0 Å². The Morgan fingerprint density at radius 2 is 1.90 bits per heavy atom. The molecule has 2 heterocycles. The lowest BCUT2D eigenvalue weighted by Crippen LogP contribution is -2.58. The fraction of sp³-hybridized carbons (Fsp3) is 0.706. The van der Waals surface area contributed by atoms with E-state index in [1.165, 1.54) is 37.9 Å². The van der Waals surface area contributed by atoms with Crippen molar-refractivity contribution in [3.63, 3.8) is 0 Å². The zero-order valence-corrected chi connectivity index (χ0v) is 13.2. The van der Waals surface area contributed by atoms with Gasteiger partial charge in [-0.3, -0.25) is 9.88 Å². The number of hydrogen-bond acceptors (Lipinski definition) is 3. The normalized spacial score (nSPS) is 18.4. The molecule has 0 spiro atoms. The number of pyridine rings is 1. The summed E-state index contributed by atoms with van der Waals surface area (Å²) in [5, 5.41) is 3.77. The molecule has 0 radical (unpaired) electrons. The average molecular weight is 275 g/mol. The van der Waals surface area contributed by atoms with Gasteiger partial charge in [0, 0.05) is 24.0 Å². The number of nitrogens with one attached hydrogen (secondary N) is 1. The Morgan fingerprint density at radius 3 is 2.50 bits per heavy atom. The third-order valence-electron chi connectivity index (χ3n) is 4.60. The molecule has 0 bridgehead atoms. The maximum atomic E-state index is 4.12. The van der Waals surface area contributed by atoms with Crippen molar-refractivity contribution in [1.29, 1.82) is 0 Å². The summed E-state index contributed by atoms with van der Waals surface area (Å²) in [4.78, 5) is 6.78. The van der Waals surface area contributed by atoms with Gasteiger partial charge in [0.25, 0.3) is 0 Å². The molecule has 1 unspecified atom stereocenters. The first kappa shape index (κ1) is 15.5. The molecular weight excluding hydrogens is 246 g/mol. The summed E-state index contributed by atoms with van der Waals surface area (Å²) in [7, 11) is 0. The molecule has 20 heavy (non-hydrogen) atoms. The summed E-state index contributed by atoms with van der Waals surface area (Å²) in [5.74, 6) is 0. The Bertz CT molecular complexity index is 382. The van der Waals surface area contributed by atoms with Crippen molar-refractivity contribution >= 4 is 0 Å². The van der Waals surface area contributed by atoms with Crippen LogP contribution in [0.4, 0.5) is 0 Å². The molecule has 0 aromatic carbocycles. The standard InChI is InChI=1S/C17H29N3/c1-4-9-19-16(14-15-7-10-18-11-8-15)17(2,3)20-12-5-6-13-20/h7-8,10-11,16,19H,4-6,9,12-14H2,1-3H3. The summed E-state index contributed by atoms with van der Waals surface area (Å²) >= 11 is 0. The minimum Gasteiger partial charge on any atom is -0.312 e. The van der Waals surface area contributed by atoms with Crippen LogP contribution in [0.2, 0.25) is 0 Å². The summed E-state index contributed by atoms with van der Waals surface area (Å²) in [5.41, 5.74) is 1.58. The van der Waals surface area contributed by atoms with E-state index in [2.05, 4.69) is 48.1 Å². The Morgan fingerprint density at radius 1 is 1.25 bits per heavy atom. The van der Waals surface area contributed by atoms with Gasteiger partial charge in [-0.2, -0.15) is 0 Å². The van der Waals surface area contributed by atoms with Crippen molar-refractivity contribution in [2.24, 2.45) is 0 Å². The second-order valence-electron chi connectivity index (χ2n) is 6.41. The fourth-order valence-corrected chi connectivity index (χ4v) is 3.16. The number of likely N-dealkylation sites (tertiary alicyclic amines) is 1. The Hall–Kier alpha value is -0.930. The van der Waals surface area contributed by atoms with E-state index in [1.54, 1.807) is 0 Å². The van der Waals surface area contributed by atoms with E-state index in [0.29, 0.717) is 6.04 Å². The molecule has 0 amide bonds. The van der Waals surface area contributed by atoms with Crippen molar-refractivity contribution in [1.82, 2.24) is 15.2 Å². The largest absolute Gasteiger partial charge is 0.312 e. The minimum atomic E-state index is 0.203. The van der Waals surface area contributed by atoms with Gasteiger partial charge in [0.2, 0.25) is 0 Å². The van der Waals surface area contributed by atoms with Crippen LogP contribution in [0.25, 0.3) is 0 Å². The molecule has 112 valence electrons. The first-order valence-electron chi connectivity index (χ1n) is 8.02. The first-order valence-corrected chi connectivity index (χ1v) is 8.02. The highest BCUT2D eigenvalue weighted by molar-refractivity contribution is 5.14. The van der Waals surface area contributed by atoms with Crippen molar-refractivity contribution in [3.05, 3.63) is 30.1 Å². The van der Waals surface area contributed by atoms with Crippen LogP contribution in [0, 0.1) is 0 Å². The molecule has 1 fully saturated rings. The van der Waals surface area contributed by atoms with E-state index in [0.717, 1.165) is 13.0 Å². The van der Waals surface area contributed by atoms with Crippen molar-refractivity contribution in [2.75, 3.05) is 19.6 Å². The van der Waals surface area contributed by atoms with Gasteiger partial charge in [-0.05, 0) is 76.9 Å².